The number of H-pyrrole nitrogens is 1. The van der Waals surface area contributed by atoms with Crippen LogP contribution in [0.2, 0.25) is 0 Å². The van der Waals surface area contributed by atoms with Gasteiger partial charge in [-0.25, -0.2) is 4.98 Å². The van der Waals surface area contributed by atoms with E-state index in [1.165, 1.54) is 33.4 Å². The van der Waals surface area contributed by atoms with E-state index in [-0.39, 0.29) is 0 Å². The minimum absolute atomic E-state index is 0.443. The van der Waals surface area contributed by atoms with Crippen molar-refractivity contribution < 1.29 is 0 Å². The molecule has 1 heterocycles. The second kappa shape index (κ2) is 8.57. The molecule has 0 atom stereocenters. The fourth-order valence-electron chi connectivity index (χ4n) is 4.34. The van der Waals surface area contributed by atoms with Gasteiger partial charge < -0.3 is 4.98 Å². The summed E-state index contributed by atoms with van der Waals surface area (Å²) >= 11 is 0. The van der Waals surface area contributed by atoms with Crippen LogP contribution in [0.4, 0.5) is 0 Å². The Morgan fingerprint density at radius 1 is 0.586 bits per heavy atom. The maximum atomic E-state index is 4.89. The SMILES string of the molecule is CC(C)c1cccc(C(C)C)c1-c1nc[nH]c1-c1c(C(C)C)cccc1C(C)C. The molecule has 0 aliphatic heterocycles. The van der Waals surface area contributed by atoms with Crippen LogP contribution in [0.3, 0.4) is 0 Å². The summed E-state index contributed by atoms with van der Waals surface area (Å²) < 4.78 is 0. The Bertz CT molecular complexity index is 843. The molecule has 0 aliphatic carbocycles. The van der Waals surface area contributed by atoms with Gasteiger partial charge in [-0.15, -0.1) is 0 Å². The number of nitrogens with one attached hydrogen (secondary N) is 1. The molecule has 3 rings (SSSR count). The average Bonchev–Trinajstić information content (AvgIpc) is 3.15. The Morgan fingerprint density at radius 2 is 0.966 bits per heavy atom. The third-order valence-corrected chi connectivity index (χ3v) is 5.87. The maximum absolute atomic E-state index is 4.89. The third-order valence-electron chi connectivity index (χ3n) is 5.87. The molecule has 2 heteroatoms. The summed E-state index contributed by atoms with van der Waals surface area (Å²) in [6.07, 6.45) is 1.87. The molecular weight excluding hydrogens is 352 g/mol. The molecule has 0 amide bonds. The molecule has 1 aromatic heterocycles. The van der Waals surface area contributed by atoms with Gasteiger partial charge in [0.25, 0.3) is 0 Å². The number of aromatic nitrogens is 2. The molecule has 2 aromatic carbocycles. The van der Waals surface area contributed by atoms with Crippen LogP contribution in [-0.4, -0.2) is 9.97 Å². The van der Waals surface area contributed by atoms with E-state index in [2.05, 4.69) is 96.8 Å². The van der Waals surface area contributed by atoms with Crippen molar-refractivity contribution in [2.75, 3.05) is 0 Å². The number of aromatic amines is 1. The fourth-order valence-corrected chi connectivity index (χ4v) is 4.34. The smallest absolute Gasteiger partial charge is 0.0966 e. The van der Waals surface area contributed by atoms with Gasteiger partial charge in [-0.3, -0.25) is 0 Å². The lowest BCUT2D eigenvalue weighted by Crippen LogP contribution is -2.04. The zero-order chi connectivity index (χ0) is 21.3. The summed E-state index contributed by atoms with van der Waals surface area (Å²) in [6, 6.07) is 13.5. The van der Waals surface area contributed by atoms with Gasteiger partial charge in [0, 0.05) is 11.1 Å². The normalized spacial score (nSPS) is 12.0. The van der Waals surface area contributed by atoms with Gasteiger partial charge in [-0.2, -0.15) is 0 Å². The van der Waals surface area contributed by atoms with E-state index in [0.717, 1.165) is 11.4 Å². The van der Waals surface area contributed by atoms with Gasteiger partial charge >= 0.3 is 0 Å². The first-order chi connectivity index (χ1) is 13.7. The van der Waals surface area contributed by atoms with Crippen molar-refractivity contribution in [2.45, 2.75) is 79.1 Å². The van der Waals surface area contributed by atoms with Gasteiger partial charge in [0.2, 0.25) is 0 Å². The Hall–Kier alpha value is -2.35. The van der Waals surface area contributed by atoms with Crippen LogP contribution in [0.15, 0.2) is 42.7 Å². The van der Waals surface area contributed by atoms with Crippen LogP contribution in [0.5, 0.6) is 0 Å². The molecule has 0 spiro atoms. The molecule has 2 nitrogen and oxygen atoms in total. The van der Waals surface area contributed by atoms with E-state index in [1.807, 2.05) is 6.33 Å². The summed E-state index contributed by atoms with van der Waals surface area (Å²) in [6.45, 7) is 18.2. The molecule has 1 N–H and O–H groups in total. The monoisotopic (exact) mass is 388 g/mol. The Labute approximate surface area is 176 Å². The average molecular weight is 389 g/mol. The number of hydrogen-bond donors (Lipinski definition) is 1. The molecule has 0 unspecified atom stereocenters. The predicted octanol–water partition coefficient (Wildman–Crippen LogP) is 8.24. The van der Waals surface area contributed by atoms with Crippen LogP contribution in [0.1, 0.15) is 101 Å². The maximum Gasteiger partial charge on any atom is 0.0966 e. The number of benzene rings is 2. The summed E-state index contributed by atoms with van der Waals surface area (Å²) in [7, 11) is 0. The first-order valence-electron chi connectivity index (χ1n) is 11.0. The third kappa shape index (κ3) is 4.03. The Kier molecular flexibility index (Phi) is 6.31. The number of imidazole rings is 1. The standard InChI is InChI=1S/C27H36N2/c1-16(2)20-11-9-12-21(17(3)4)24(20)26-27(29-15-28-26)25-22(18(5)6)13-10-14-23(25)19(7)8/h9-19H,1-8H3,(H,28,29). The van der Waals surface area contributed by atoms with Gasteiger partial charge in [0.15, 0.2) is 0 Å². The molecule has 0 saturated heterocycles. The van der Waals surface area contributed by atoms with E-state index >= 15 is 0 Å². The fraction of sp³-hybridized carbons (Fsp3) is 0.444. The minimum Gasteiger partial charge on any atom is -0.344 e. The van der Waals surface area contributed by atoms with Crippen molar-refractivity contribution in [3.8, 4) is 22.5 Å². The van der Waals surface area contributed by atoms with Crippen molar-refractivity contribution in [2.24, 2.45) is 0 Å². The van der Waals surface area contributed by atoms with Crippen molar-refractivity contribution in [3.63, 3.8) is 0 Å². The van der Waals surface area contributed by atoms with Gasteiger partial charge in [-0.1, -0.05) is 91.8 Å². The largest absolute Gasteiger partial charge is 0.344 e. The number of rotatable bonds is 6. The summed E-state index contributed by atoms with van der Waals surface area (Å²) in [4.78, 5) is 8.43. The zero-order valence-corrected chi connectivity index (χ0v) is 19.3. The highest BCUT2D eigenvalue weighted by molar-refractivity contribution is 5.85. The van der Waals surface area contributed by atoms with E-state index in [0.29, 0.717) is 23.7 Å². The molecule has 0 radical (unpaired) electrons. The Morgan fingerprint density at radius 3 is 1.34 bits per heavy atom. The molecule has 0 fully saturated rings. The van der Waals surface area contributed by atoms with Gasteiger partial charge in [0.1, 0.15) is 0 Å². The Balaban J connectivity index is 2.37. The molecule has 0 bridgehead atoms. The zero-order valence-electron chi connectivity index (χ0n) is 19.3. The highest BCUT2D eigenvalue weighted by Gasteiger charge is 2.24. The van der Waals surface area contributed by atoms with E-state index in [4.69, 9.17) is 4.98 Å². The van der Waals surface area contributed by atoms with Crippen LogP contribution >= 0.6 is 0 Å². The lowest BCUT2D eigenvalue weighted by molar-refractivity contribution is 0.833. The highest BCUT2D eigenvalue weighted by Crippen LogP contribution is 2.43. The van der Waals surface area contributed by atoms with Gasteiger partial charge in [0.05, 0.1) is 17.7 Å². The van der Waals surface area contributed by atoms with Crippen molar-refractivity contribution in [3.05, 3.63) is 65.0 Å². The van der Waals surface area contributed by atoms with Crippen LogP contribution < -0.4 is 0 Å². The first kappa shape index (κ1) is 21.4. The number of nitrogens with zero attached hydrogens (tertiary/aromatic N) is 1. The lowest BCUT2D eigenvalue weighted by Gasteiger charge is -2.22. The minimum atomic E-state index is 0.443. The first-order valence-corrected chi connectivity index (χ1v) is 11.0. The highest BCUT2D eigenvalue weighted by atomic mass is 14.9. The summed E-state index contributed by atoms with van der Waals surface area (Å²) in [5.41, 5.74) is 10.4. The van der Waals surface area contributed by atoms with E-state index in [1.54, 1.807) is 0 Å². The molecular formula is C27H36N2. The van der Waals surface area contributed by atoms with E-state index in [9.17, 15) is 0 Å². The molecule has 0 aliphatic rings. The topological polar surface area (TPSA) is 28.7 Å². The lowest BCUT2D eigenvalue weighted by atomic mass is 9.83. The van der Waals surface area contributed by atoms with Crippen LogP contribution in [0.25, 0.3) is 22.5 Å². The van der Waals surface area contributed by atoms with Crippen molar-refractivity contribution in [1.82, 2.24) is 9.97 Å². The van der Waals surface area contributed by atoms with Gasteiger partial charge in [-0.05, 0) is 45.9 Å². The van der Waals surface area contributed by atoms with Crippen molar-refractivity contribution >= 4 is 0 Å². The predicted molar refractivity (Wildman–Crippen MR) is 126 cm³/mol. The summed E-state index contributed by atoms with van der Waals surface area (Å²) in [5, 5.41) is 0. The van der Waals surface area contributed by atoms with Crippen molar-refractivity contribution in [1.29, 1.82) is 0 Å². The second-order valence-electron chi connectivity index (χ2n) is 9.37. The molecule has 29 heavy (non-hydrogen) atoms. The number of hydrogen-bond acceptors (Lipinski definition) is 1. The molecule has 154 valence electrons. The quantitative estimate of drug-likeness (QED) is 0.452. The summed E-state index contributed by atoms with van der Waals surface area (Å²) in [5.74, 6) is 1.78. The molecule has 3 aromatic rings. The molecule has 0 saturated carbocycles. The second-order valence-corrected chi connectivity index (χ2v) is 9.37. The van der Waals surface area contributed by atoms with E-state index < -0.39 is 0 Å². The van der Waals surface area contributed by atoms with Crippen LogP contribution in [0, 0.1) is 0 Å². The van der Waals surface area contributed by atoms with Crippen LogP contribution in [-0.2, 0) is 0 Å².